The van der Waals surface area contributed by atoms with E-state index >= 15 is 0 Å². The van der Waals surface area contributed by atoms with Gasteiger partial charge >= 0.3 is 0 Å². The van der Waals surface area contributed by atoms with Crippen LogP contribution < -0.4 is 24.4 Å². The van der Waals surface area contributed by atoms with Gasteiger partial charge in [0.25, 0.3) is 0 Å². The van der Waals surface area contributed by atoms with Crippen molar-refractivity contribution in [1.29, 1.82) is 0 Å². The first-order valence-corrected chi connectivity index (χ1v) is 10.2. The number of fused-ring (bicyclic) bond motifs is 6. The summed E-state index contributed by atoms with van der Waals surface area (Å²) in [6, 6.07) is 4.72. The summed E-state index contributed by atoms with van der Waals surface area (Å²) in [6.07, 6.45) is 1.55. The molecule has 2 aromatic carbocycles. The molecule has 170 valence electrons. The molecule has 3 aromatic rings. The number of methoxy groups -OCH3 is 3. The van der Waals surface area contributed by atoms with Crippen molar-refractivity contribution in [3.8, 4) is 39.9 Å². The SMILES string of the molecule is C=C(C)[C@H]1Cc2c(cc(O)c3c(=O)c4c(oc23)/C(=C/OC)Oc2cc(OC)c(OC)cc2-4)O1. The lowest BCUT2D eigenvalue weighted by molar-refractivity contribution is 0.270. The number of phenolic OH excluding ortho intramolecular Hbond substituents is 1. The highest BCUT2D eigenvalue weighted by molar-refractivity contribution is 5.96. The van der Waals surface area contributed by atoms with Crippen LogP contribution in [-0.4, -0.2) is 32.5 Å². The molecule has 0 bridgehead atoms. The van der Waals surface area contributed by atoms with Crippen LogP contribution >= 0.6 is 0 Å². The standard InChI is InChI=1S/C25H22O8/c1-11(2)15-7-13-16(31-15)8-14(26)22-23(27)21-12-6-18(29-4)19(30-5)9-17(12)32-20(10-28-3)25(21)33-24(13)22/h6,8-10,15,26H,1,7H2,2-5H3/b20-10-/t15-/m1/s1. The van der Waals surface area contributed by atoms with Gasteiger partial charge in [-0.3, -0.25) is 4.79 Å². The third kappa shape index (κ3) is 3.01. The minimum atomic E-state index is -0.413. The van der Waals surface area contributed by atoms with Gasteiger partial charge in [0, 0.05) is 29.7 Å². The highest BCUT2D eigenvalue weighted by Crippen LogP contribution is 2.48. The fourth-order valence-electron chi connectivity index (χ4n) is 4.24. The summed E-state index contributed by atoms with van der Waals surface area (Å²) in [5, 5.41) is 10.8. The molecular weight excluding hydrogens is 428 g/mol. The molecule has 33 heavy (non-hydrogen) atoms. The summed E-state index contributed by atoms with van der Waals surface area (Å²) in [5.41, 5.74) is 2.01. The van der Waals surface area contributed by atoms with Crippen LogP contribution in [0.25, 0.3) is 27.9 Å². The molecule has 0 saturated heterocycles. The molecule has 0 saturated carbocycles. The van der Waals surface area contributed by atoms with Gasteiger partial charge in [-0.05, 0) is 18.6 Å². The Kier molecular flexibility index (Phi) is 4.74. The number of ether oxygens (including phenoxy) is 5. The maximum Gasteiger partial charge on any atom is 0.205 e. The largest absolute Gasteiger partial charge is 0.507 e. The Labute approximate surface area is 189 Å². The average molecular weight is 450 g/mol. The number of aromatic hydroxyl groups is 1. The van der Waals surface area contributed by atoms with Gasteiger partial charge in [0.05, 0.1) is 26.9 Å². The minimum absolute atomic E-state index is 0.0675. The van der Waals surface area contributed by atoms with E-state index in [-0.39, 0.29) is 39.9 Å². The summed E-state index contributed by atoms with van der Waals surface area (Å²) in [7, 11) is 4.48. The Hall–Kier alpha value is -4.07. The van der Waals surface area contributed by atoms with Crippen molar-refractivity contribution in [3.05, 3.63) is 58.2 Å². The first-order valence-electron chi connectivity index (χ1n) is 10.2. The van der Waals surface area contributed by atoms with Crippen LogP contribution in [0.3, 0.4) is 0 Å². The second-order valence-corrected chi connectivity index (χ2v) is 7.89. The number of rotatable bonds is 4. The van der Waals surface area contributed by atoms with Gasteiger partial charge in [0.2, 0.25) is 11.2 Å². The van der Waals surface area contributed by atoms with Crippen LogP contribution in [0.5, 0.6) is 28.7 Å². The van der Waals surface area contributed by atoms with Crippen LogP contribution in [0.4, 0.5) is 0 Å². The van der Waals surface area contributed by atoms with Crippen LogP contribution in [0.15, 0.2) is 45.8 Å². The molecule has 0 spiro atoms. The Morgan fingerprint density at radius 2 is 1.88 bits per heavy atom. The second kappa shape index (κ2) is 7.51. The number of hydrogen-bond donors (Lipinski definition) is 1. The molecule has 3 heterocycles. The summed E-state index contributed by atoms with van der Waals surface area (Å²) >= 11 is 0. The first kappa shape index (κ1) is 20.8. The Morgan fingerprint density at radius 1 is 1.15 bits per heavy atom. The second-order valence-electron chi connectivity index (χ2n) is 7.89. The summed E-state index contributed by atoms with van der Waals surface area (Å²) in [5.74, 6) is 1.83. The lowest BCUT2D eigenvalue weighted by Gasteiger charge is -2.23. The van der Waals surface area contributed by atoms with Gasteiger partial charge in [-0.2, -0.15) is 0 Å². The van der Waals surface area contributed by atoms with E-state index in [0.717, 1.165) is 5.57 Å². The van der Waals surface area contributed by atoms with Crippen LogP contribution in [0, 0.1) is 0 Å². The molecule has 5 rings (SSSR count). The quantitative estimate of drug-likeness (QED) is 0.462. The van der Waals surface area contributed by atoms with Crippen LogP contribution in [-0.2, 0) is 11.2 Å². The van der Waals surface area contributed by atoms with E-state index in [2.05, 4.69) is 6.58 Å². The smallest absolute Gasteiger partial charge is 0.205 e. The van der Waals surface area contributed by atoms with Crippen molar-refractivity contribution in [2.45, 2.75) is 19.4 Å². The molecule has 8 heteroatoms. The molecule has 1 atom stereocenters. The van der Waals surface area contributed by atoms with Crippen molar-refractivity contribution in [2.24, 2.45) is 0 Å². The topological polar surface area (TPSA) is 96.6 Å². The van der Waals surface area contributed by atoms with Gasteiger partial charge in [-0.15, -0.1) is 0 Å². The van der Waals surface area contributed by atoms with Gasteiger partial charge < -0.3 is 33.2 Å². The van der Waals surface area contributed by atoms with Gasteiger partial charge in [0.15, 0.2) is 17.3 Å². The molecule has 8 nitrogen and oxygen atoms in total. The molecular formula is C25H22O8. The summed E-state index contributed by atoms with van der Waals surface area (Å²) in [6.45, 7) is 5.82. The summed E-state index contributed by atoms with van der Waals surface area (Å²) in [4.78, 5) is 13.8. The average Bonchev–Trinajstić information content (AvgIpc) is 3.23. The molecule has 0 aliphatic carbocycles. The van der Waals surface area contributed by atoms with Crippen molar-refractivity contribution >= 4 is 16.7 Å². The Balaban J connectivity index is 1.86. The molecule has 2 aliphatic heterocycles. The zero-order chi connectivity index (χ0) is 23.4. The highest BCUT2D eigenvalue weighted by Gasteiger charge is 2.35. The first-order chi connectivity index (χ1) is 15.9. The number of benzene rings is 2. The fourth-order valence-corrected chi connectivity index (χ4v) is 4.24. The van der Waals surface area contributed by atoms with Gasteiger partial charge in [-0.25, -0.2) is 0 Å². The van der Waals surface area contributed by atoms with E-state index in [1.807, 2.05) is 6.92 Å². The fraction of sp³-hybridized carbons (Fsp3) is 0.240. The normalized spacial score (nSPS) is 17.0. The zero-order valence-electron chi connectivity index (χ0n) is 18.6. The Bertz CT molecular complexity index is 1410. The van der Waals surface area contributed by atoms with Gasteiger partial charge in [0.1, 0.15) is 40.6 Å². The minimum Gasteiger partial charge on any atom is -0.507 e. The molecule has 0 unspecified atom stereocenters. The number of hydrogen-bond acceptors (Lipinski definition) is 8. The van der Waals surface area contributed by atoms with Crippen molar-refractivity contribution < 1.29 is 33.2 Å². The van der Waals surface area contributed by atoms with E-state index < -0.39 is 5.43 Å². The third-order valence-electron chi connectivity index (χ3n) is 5.84. The maximum absolute atomic E-state index is 13.8. The molecule has 1 aromatic heterocycles. The molecule has 1 N–H and O–H groups in total. The highest BCUT2D eigenvalue weighted by atomic mass is 16.5. The molecule has 2 aliphatic rings. The Morgan fingerprint density at radius 3 is 2.55 bits per heavy atom. The molecule has 0 amide bonds. The molecule has 0 radical (unpaired) electrons. The van der Waals surface area contributed by atoms with E-state index in [4.69, 9.17) is 28.1 Å². The van der Waals surface area contributed by atoms with E-state index in [1.54, 1.807) is 12.1 Å². The maximum atomic E-state index is 13.8. The van der Waals surface area contributed by atoms with Crippen molar-refractivity contribution in [3.63, 3.8) is 0 Å². The van der Waals surface area contributed by atoms with Crippen molar-refractivity contribution in [2.75, 3.05) is 21.3 Å². The third-order valence-corrected chi connectivity index (χ3v) is 5.84. The zero-order valence-corrected chi connectivity index (χ0v) is 18.6. The molecule has 0 fully saturated rings. The van der Waals surface area contributed by atoms with E-state index in [0.29, 0.717) is 40.5 Å². The lowest BCUT2D eigenvalue weighted by Crippen LogP contribution is -2.16. The predicted octanol–water partition coefficient (Wildman–Crippen LogP) is 4.40. The lowest BCUT2D eigenvalue weighted by atomic mass is 9.95. The monoisotopic (exact) mass is 450 g/mol. The van der Waals surface area contributed by atoms with Gasteiger partial charge in [-0.1, -0.05) is 6.58 Å². The number of phenols is 1. The van der Waals surface area contributed by atoms with Crippen LogP contribution in [0.2, 0.25) is 0 Å². The summed E-state index contributed by atoms with van der Waals surface area (Å²) < 4.78 is 34.1. The van der Waals surface area contributed by atoms with Crippen LogP contribution in [0.1, 0.15) is 18.2 Å². The van der Waals surface area contributed by atoms with Crippen molar-refractivity contribution in [1.82, 2.24) is 0 Å². The van der Waals surface area contributed by atoms with E-state index in [1.165, 1.54) is 33.7 Å². The van der Waals surface area contributed by atoms with E-state index in [9.17, 15) is 9.90 Å². The predicted molar refractivity (Wildman–Crippen MR) is 121 cm³/mol.